The molecule has 4 saturated carbocycles. The largest absolute Gasteiger partial charge is 0.393 e. The van der Waals surface area contributed by atoms with E-state index in [0.29, 0.717) is 35.9 Å². The van der Waals surface area contributed by atoms with Crippen molar-refractivity contribution in [1.82, 2.24) is 15.3 Å². The predicted octanol–water partition coefficient (Wildman–Crippen LogP) is 7.52. The van der Waals surface area contributed by atoms with Crippen LogP contribution in [0.5, 0.6) is 0 Å². The van der Waals surface area contributed by atoms with Crippen LogP contribution in [0.1, 0.15) is 118 Å². The summed E-state index contributed by atoms with van der Waals surface area (Å²) < 4.78 is 0. The van der Waals surface area contributed by atoms with Gasteiger partial charge in [-0.3, -0.25) is 14.8 Å². The van der Waals surface area contributed by atoms with Crippen LogP contribution in [0.2, 0.25) is 0 Å². The second-order valence-corrected chi connectivity index (χ2v) is 15.8. The highest BCUT2D eigenvalue weighted by molar-refractivity contribution is 6.01. The molecule has 4 fully saturated rings. The molecule has 5 heteroatoms. The quantitative estimate of drug-likeness (QED) is 0.390. The minimum Gasteiger partial charge on any atom is -0.393 e. The first-order valence-corrected chi connectivity index (χ1v) is 16.6. The number of rotatable bonds is 5. The molecule has 8 unspecified atom stereocenters. The van der Waals surface area contributed by atoms with Gasteiger partial charge in [-0.1, -0.05) is 54.5 Å². The van der Waals surface area contributed by atoms with Crippen molar-refractivity contribution in [2.75, 3.05) is 0 Å². The lowest BCUT2D eigenvalue weighted by atomic mass is 9.37. The number of aromatic nitrogens is 2. The van der Waals surface area contributed by atoms with Crippen LogP contribution < -0.4 is 5.32 Å². The Morgan fingerprint density at radius 1 is 1.02 bits per heavy atom. The van der Waals surface area contributed by atoms with Crippen molar-refractivity contribution >= 4 is 11.5 Å². The molecule has 5 aliphatic carbocycles. The number of carbonyl (C=O) groups excluding carboxylic acids is 1. The molecule has 5 nitrogen and oxygen atoms in total. The van der Waals surface area contributed by atoms with Crippen LogP contribution in [0.3, 0.4) is 0 Å². The first kappa shape index (κ1) is 29.1. The molecule has 0 bridgehead atoms. The Balaban J connectivity index is 1.39. The molecule has 0 radical (unpaired) electrons. The number of nitrogens with one attached hydrogen (secondary N) is 1. The number of allylic oxidation sites excluding steroid dienone is 2. The Labute approximate surface area is 248 Å². The normalized spacial score (nSPS) is 41.9. The van der Waals surface area contributed by atoms with Crippen molar-refractivity contribution in [2.24, 2.45) is 45.8 Å². The van der Waals surface area contributed by atoms with Crippen molar-refractivity contribution in [3.05, 3.63) is 41.5 Å². The van der Waals surface area contributed by atoms with E-state index in [4.69, 9.17) is 0 Å². The first-order chi connectivity index (χ1) is 19.4. The smallest absolute Gasteiger partial charge is 0.161 e. The number of ketones is 1. The average molecular weight is 560 g/mol. The molecule has 0 saturated heterocycles. The molecule has 0 amide bonds. The van der Waals surface area contributed by atoms with Gasteiger partial charge in [0.15, 0.2) is 5.78 Å². The van der Waals surface area contributed by atoms with Gasteiger partial charge in [0.25, 0.3) is 0 Å². The van der Waals surface area contributed by atoms with Gasteiger partial charge in [0.2, 0.25) is 0 Å². The van der Waals surface area contributed by atoms with Crippen LogP contribution in [-0.2, 0) is 4.79 Å². The monoisotopic (exact) mass is 559 g/mol. The minimum absolute atomic E-state index is 0.0234. The van der Waals surface area contributed by atoms with Gasteiger partial charge in [0.05, 0.1) is 23.5 Å². The highest BCUT2D eigenvalue weighted by atomic mass is 16.3. The predicted molar refractivity (Wildman–Crippen MR) is 165 cm³/mol. The fraction of sp³-hybridized carbons (Fsp3) is 0.750. The van der Waals surface area contributed by atoms with E-state index in [1.165, 1.54) is 37.7 Å². The van der Waals surface area contributed by atoms with Gasteiger partial charge in [-0.25, -0.2) is 0 Å². The molecule has 1 aromatic heterocycles. The van der Waals surface area contributed by atoms with Crippen molar-refractivity contribution in [2.45, 2.75) is 124 Å². The van der Waals surface area contributed by atoms with Gasteiger partial charge in [0.1, 0.15) is 5.69 Å². The van der Waals surface area contributed by atoms with Crippen molar-refractivity contribution in [3.8, 4) is 0 Å². The lowest BCUT2D eigenvalue weighted by molar-refractivity contribution is -0.202. The highest BCUT2D eigenvalue weighted by Crippen LogP contribution is 2.72. The Kier molecular flexibility index (Phi) is 7.11. The van der Waals surface area contributed by atoms with E-state index in [-0.39, 0.29) is 33.8 Å². The zero-order chi connectivity index (χ0) is 29.4. The van der Waals surface area contributed by atoms with Crippen molar-refractivity contribution in [3.63, 3.8) is 0 Å². The fourth-order valence-corrected chi connectivity index (χ4v) is 11.5. The number of hydrogen-bond donors (Lipinski definition) is 2. The molecule has 1 heterocycles. The van der Waals surface area contributed by atoms with Gasteiger partial charge >= 0.3 is 0 Å². The average Bonchev–Trinajstić information content (AvgIpc) is 3.23. The summed E-state index contributed by atoms with van der Waals surface area (Å²) in [6, 6.07) is 0. The van der Waals surface area contributed by atoms with Crippen LogP contribution in [0.25, 0.3) is 5.70 Å². The summed E-state index contributed by atoms with van der Waals surface area (Å²) in [7, 11) is 0. The summed E-state index contributed by atoms with van der Waals surface area (Å²) >= 11 is 0. The first-order valence-electron chi connectivity index (χ1n) is 16.6. The number of hydrogen-bond acceptors (Lipinski definition) is 5. The Morgan fingerprint density at radius 3 is 2.46 bits per heavy atom. The number of fused-ring (bicyclic) bond motifs is 7. The molecule has 41 heavy (non-hydrogen) atoms. The van der Waals surface area contributed by atoms with Gasteiger partial charge in [-0.05, 0) is 115 Å². The maximum absolute atomic E-state index is 13.9. The number of aliphatic hydroxyl groups excluding tert-OH is 1. The summed E-state index contributed by atoms with van der Waals surface area (Å²) in [4.78, 5) is 22.9. The summed E-state index contributed by atoms with van der Waals surface area (Å²) in [5.74, 6) is 2.89. The summed E-state index contributed by atoms with van der Waals surface area (Å²) in [5.41, 5.74) is 4.65. The van der Waals surface area contributed by atoms with Crippen LogP contribution in [0.15, 0.2) is 35.8 Å². The molecular formula is C36H53N3O2. The highest BCUT2D eigenvalue weighted by Gasteiger charge is 2.66. The third-order valence-electron chi connectivity index (χ3n) is 13.2. The molecule has 0 spiro atoms. The molecule has 2 N–H and O–H groups in total. The van der Waals surface area contributed by atoms with Crippen LogP contribution in [-0.4, -0.2) is 32.5 Å². The molecule has 1 aromatic rings. The minimum atomic E-state index is -0.322. The molecule has 224 valence electrons. The molecule has 0 aliphatic heterocycles. The fourth-order valence-electron chi connectivity index (χ4n) is 11.5. The van der Waals surface area contributed by atoms with E-state index in [0.717, 1.165) is 42.6 Å². The standard InChI is InChI=1S/C36H53N3O2/c1-8-9-25(26-21-37-18-19-38-26)39-36-17-12-24-23(32(36)31(22(2)3)27(40)20-36)10-11-29-34(24,6)15-13-28-33(4,5)30(41)14-16-35(28,29)7/h9,18-19,21-24,28-30,39,41H,8,10-17,20H2,1-7H3. The molecule has 0 aromatic carbocycles. The zero-order valence-electron chi connectivity index (χ0n) is 26.6. The number of nitrogens with zero attached hydrogens (tertiary/aromatic N) is 2. The lowest BCUT2D eigenvalue weighted by Crippen LogP contribution is -2.63. The van der Waals surface area contributed by atoms with Gasteiger partial charge in [-0.2, -0.15) is 0 Å². The lowest BCUT2D eigenvalue weighted by Gasteiger charge is -2.68. The van der Waals surface area contributed by atoms with Gasteiger partial charge in [-0.15, -0.1) is 0 Å². The number of Topliss-reactive ketones (excluding diaryl/α,β-unsaturated/α-hetero) is 1. The molecule has 8 atom stereocenters. The third-order valence-corrected chi connectivity index (χ3v) is 13.2. The van der Waals surface area contributed by atoms with Crippen molar-refractivity contribution in [1.29, 1.82) is 0 Å². The summed E-state index contributed by atoms with van der Waals surface area (Å²) in [6.07, 6.45) is 17.9. The second-order valence-electron chi connectivity index (χ2n) is 15.8. The van der Waals surface area contributed by atoms with E-state index < -0.39 is 0 Å². The van der Waals surface area contributed by atoms with Crippen molar-refractivity contribution < 1.29 is 9.90 Å². The molecule has 5 aliphatic rings. The van der Waals surface area contributed by atoms with E-state index in [9.17, 15) is 9.90 Å². The van der Waals surface area contributed by atoms with E-state index in [1.54, 1.807) is 12.4 Å². The summed E-state index contributed by atoms with van der Waals surface area (Å²) in [6.45, 7) is 16.5. The van der Waals surface area contributed by atoms with E-state index in [2.05, 4.69) is 69.8 Å². The van der Waals surface area contributed by atoms with Gasteiger partial charge < -0.3 is 10.4 Å². The zero-order valence-corrected chi connectivity index (χ0v) is 26.6. The Bertz CT molecular complexity index is 1250. The molecular weight excluding hydrogens is 506 g/mol. The number of aliphatic hydroxyl groups is 1. The van der Waals surface area contributed by atoms with Crippen LogP contribution in [0, 0.1) is 45.8 Å². The molecule has 6 rings (SSSR count). The SMILES string of the molecule is CCC=C(NC12CCC3C(CCC4C3(C)CCC3C(C)(C)C(O)CCC34C)C1=C(C(C)C)C(=O)C2)c1cnccn1. The summed E-state index contributed by atoms with van der Waals surface area (Å²) in [5, 5.41) is 15.0. The number of carbonyl (C=O) groups is 1. The van der Waals surface area contributed by atoms with Gasteiger partial charge in [0, 0.05) is 18.8 Å². The third kappa shape index (κ3) is 4.22. The van der Waals surface area contributed by atoms with Crippen LogP contribution in [0.4, 0.5) is 0 Å². The van der Waals surface area contributed by atoms with E-state index in [1.807, 2.05) is 6.20 Å². The van der Waals surface area contributed by atoms with E-state index >= 15 is 0 Å². The maximum atomic E-state index is 13.9. The second kappa shape index (κ2) is 10.0. The van der Waals surface area contributed by atoms with Crippen LogP contribution >= 0.6 is 0 Å². The Hall–Kier alpha value is -2.01. The topological polar surface area (TPSA) is 75.1 Å². The Morgan fingerprint density at radius 2 is 1.78 bits per heavy atom. The maximum Gasteiger partial charge on any atom is 0.161 e.